The molecule has 1 aliphatic carbocycles. The van der Waals surface area contributed by atoms with E-state index in [0.29, 0.717) is 17.9 Å². The first-order valence-electron chi connectivity index (χ1n) is 9.69. The summed E-state index contributed by atoms with van der Waals surface area (Å²) < 4.78 is 5.37. The number of morpholine rings is 1. The van der Waals surface area contributed by atoms with Crippen LogP contribution >= 0.6 is 0 Å². The number of ether oxygens (including phenoxy) is 1. The zero-order chi connectivity index (χ0) is 18.6. The molecule has 1 aromatic carbocycles. The highest BCUT2D eigenvalue weighted by Gasteiger charge is 2.28. The molecule has 2 heterocycles. The number of carbonyl (C=O) groups is 1. The summed E-state index contributed by atoms with van der Waals surface area (Å²) in [6.07, 6.45) is 3.01. The summed E-state index contributed by atoms with van der Waals surface area (Å²) in [5.74, 6) is 0.951. The number of hydrogen-bond donors (Lipinski definition) is 1. The fourth-order valence-corrected chi connectivity index (χ4v) is 3.95. The topological polar surface area (TPSA) is 67.4 Å². The van der Waals surface area contributed by atoms with Crippen molar-refractivity contribution in [3.05, 3.63) is 52.8 Å². The SMILES string of the molecule is Cc1ccccc1C1CC(=O)c2cnc(NCCN3CCOCC3)nc2C1. The second-order valence-electron chi connectivity index (χ2n) is 7.32. The number of ketones is 1. The number of aryl methyl sites for hydroxylation is 1. The van der Waals surface area contributed by atoms with Gasteiger partial charge in [-0.2, -0.15) is 0 Å². The van der Waals surface area contributed by atoms with Crippen molar-refractivity contribution in [2.75, 3.05) is 44.7 Å². The van der Waals surface area contributed by atoms with Crippen LogP contribution in [0.25, 0.3) is 0 Å². The summed E-state index contributed by atoms with van der Waals surface area (Å²) in [4.78, 5) is 24.0. The zero-order valence-electron chi connectivity index (χ0n) is 15.8. The Labute approximate surface area is 160 Å². The number of hydrogen-bond acceptors (Lipinski definition) is 6. The first kappa shape index (κ1) is 18.1. The van der Waals surface area contributed by atoms with Gasteiger partial charge in [-0.25, -0.2) is 9.97 Å². The van der Waals surface area contributed by atoms with Gasteiger partial charge >= 0.3 is 0 Å². The van der Waals surface area contributed by atoms with Crippen molar-refractivity contribution in [1.29, 1.82) is 0 Å². The van der Waals surface area contributed by atoms with E-state index in [-0.39, 0.29) is 11.7 Å². The lowest BCUT2D eigenvalue weighted by atomic mass is 9.81. The van der Waals surface area contributed by atoms with E-state index in [9.17, 15) is 4.79 Å². The van der Waals surface area contributed by atoms with Crippen molar-refractivity contribution in [3.8, 4) is 0 Å². The molecule has 1 unspecified atom stereocenters. The molecular weight excluding hydrogens is 340 g/mol. The molecule has 1 N–H and O–H groups in total. The van der Waals surface area contributed by atoms with Crippen LogP contribution in [0.2, 0.25) is 0 Å². The highest BCUT2D eigenvalue weighted by Crippen LogP contribution is 2.33. The Bertz CT molecular complexity index is 818. The molecule has 2 aliphatic rings. The molecule has 1 fully saturated rings. The summed E-state index contributed by atoms with van der Waals surface area (Å²) in [6.45, 7) is 7.38. The molecule has 2 aromatic rings. The second kappa shape index (κ2) is 8.15. The van der Waals surface area contributed by atoms with Crippen molar-refractivity contribution in [2.24, 2.45) is 0 Å². The van der Waals surface area contributed by atoms with E-state index in [1.54, 1.807) is 6.20 Å². The summed E-state index contributed by atoms with van der Waals surface area (Å²) in [7, 11) is 0. The molecule has 0 spiro atoms. The third-order valence-corrected chi connectivity index (χ3v) is 5.48. The molecule has 27 heavy (non-hydrogen) atoms. The number of aromatic nitrogens is 2. The van der Waals surface area contributed by atoms with E-state index in [2.05, 4.69) is 39.2 Å². The fraction of sp³-hybridized carbons (Fsp3) is 0.476. The largest absolute Gasteiger partial charge is 0.379 e. The zero-order valence-corrected chi connectivity index (χ0v) is 15.8. The molecule has 4 rings (SSSR count). The fourth-order valence-electron chi connectivity index (χ4n) is 3.95. The number of nitrogens with zero attached hydrogens (tertiary/aromatic N) is 3. The molecular formula is C21H26N4O2. The molecule has 0 amide bonds. The maximum absolute atomic E-state index is 12.6. The molecule has 1 saturated heterocycles. The van der Waals surface area contributed by atoms with Gasteiger partial charge in [0.15, 0.2) is 5.78 Å². The average Bonchev–Trinajstić information content (AvgIpc) is 2.69. The van der Waals surface area contributed by atoms with Gasteiger partial charge in [-0.3, -0.25) is 9.69 Å². The van der Waals surface area contributed by atoms with Gasteiger partial charge in [0.1, 0.15) is 0 Å². The molecule has 0 bridgehead atoms. The molecule has 1 atom stereocenters. The van der Waals surface area contributed by atoms with E-state index < -0.39 is 0 Å². The minimum absolute atomic E-state index is 0.143. The quantitative estimate of drug-likeness (QED) is 0.877. The van der Waals surface area contributed by atoms with Gasteiger partial charge in [-0.05, 0) is 30.4 Å². The van der Waals surface area contributed by atoms with E-state index in [1.165, 1.54) is 11.1 Å². The van der Waals surface area contributed by atoms with Crippen LogP contribution in [0.4, 0.5) is 5.95 Å². The van der Waals surface area contributed by atoms with Gasteiger partial charge in [0.2, 0.25) is 5.95 Å². The smallest absolute Gasteiger partial charge is 0.222 e. The molecule has 0 radical (unpaired) electrons. The summed E-state index contributed by atoms with van der Waals surface area (Å²) in [5, 5.41) is 3.31. The maximum Gasteiger partial charge on any atom is 0.222 e. The van der Waals surface area contributed by atoms with E-state index in [1.807, 2.05) is 12.1 Å². The normalized spacial score (nSPS) is 20.3. The lowest BCUT2D eigenvalue weighted by molar-refractivity contribution is 0.0398. The number of benzene rings is 1. The predicted octanol–water partition coefficient (Wildman–Crippen LogP) is 2.44. The molecule has 6 heteroatoms. The molecule has 1 aliphatic heterocycles. The number of fused-ring (bicyclic) bond motifs is 1. The van der Waals surface area contributed by atoms with Crippen LogP contribution in [0.1, 0.15) is 39.5 Å². The van der Waals surface area contributed by atoms with Crippen LogP contribution in [0.3, 0.4) is 0 Å². The summed E-state index contributed by atoms with van der Waals surface area (Å²) in [6, 6.07) is 8.31. The van der Waals surface area contributed by atoms with Crippen molar-refractivity contribution >= 4 is 11.7 Å². The number of Topliss-reactive ketones (excluding diaryl/α,β-unsaturated/α-hetero) is 1. The number of nitrogens with one attached hydrogen (secondary N) is 1. The van der Waals surface area contributed by atoms with Gasteiger partial charge in [-0.15, -0.1) is 0 Å². The number of anilines is 1. The van der Waals surface area contributed by atoms with Crippen molar-refractivity contribution < 1.29 is 9.53 Å². The van der Waals surface area contributed by atoms with Crippen molar-refractivity contribution in [3.63, 3.8) is 0 Å². The van der Waals surface area contributed by atoms with Crippen LogP contribution in [-0.2, 0) is 11.2 Å². The van der Waals surface area contributed by atoms with Crippen LogP contribution in [0.5, 0.6) is 0 Å². The summed E-state index contributed by atoms with van der Waals surface area (Å²) in [5.41, 5.74) is 4.02. The Morgan fingerprint density at radius 2 is 2.04 bits per heavy atom. The van der Waals surface area contributed by atoms with Gasteiger partial charge in [-0.1, -0.05) is 24.3 Å². The van der Waals surface area contributed by atoms with E-state index >= 15 is 0 Å². The Balaban J connectivity index is 1.44. The van der Waals surface area contributed by atoms with Crippen molar-refractivity contribution in [1.82, 2.24) is 14.9 Å². The molecule has 6 nitrogen and oxygen atoms in total. The average molecular weight is 366 g/mol. The van der Waals surface area contributed by atoms with Crippen molar-refractivity contribution in [2.45, 2.75) is 25.7 Å². The van der Waals surface area contributed by atoms with Crippen LogP contribution < -0.4 is 5.32 Å². The van der Waals surface area contributed by atoms with Crippen LogP contribution in [0, 0.1) is 6.92 Å². The van der Waals surface area contributed by atoms with Crippen LogP contribution in [0.15, 0.2) is 30.5 Å². The highest BCUT2D eigenvalue weighted by molar-refractivity contribution is 5.98. The summed E-state index contributed by atoms with van der Waals surface area (Å²) >= 11 is 0. The Hall–Kier alpha value is -2.31. The van der Waals surface area contributed by atoms with Gasteiger partial charge in [0.05, 0.1) is 24.5 Å². The molecule has 1 aromatic heterocycles. The lowest BCUT2D eigenvalue weighted by Gasteiger charge is -2.26. The predicted molar refractivity (Wildman–Crippen MR) is 104 cm³/mol. The third kappa shape index (κ3) is 4.17. The maximum atomic E-state index is 12.6. The third-order valence-electron chi connectivity index (χ3n) is 5.48. The van der Waals surface area contributed by atoms with Gasteiger partial charge in [0.25, 0.3) is 0 Å². The monoisotopic (exact) mass is 366 g/mol. The molecule has 0 saturated carbocycles. The number of carbonyl (C=O) groups excluding carboxylic acids is 1. The minimum atomic E-state index is 0.143. The van der Waals surface area contributed by atoms with Crippen LogP contribution in [-0.4, -0.2) is 60.0 Å². The first-order chi connectivity index (χ1) is 13.2. The first-order valence-corrected chi connectivity index (χ1v) is 9.69. The lowest BCUT2D eigenvalue weighted by Crippen LogP contribution is -2.39. The van der Waals surface area contributed by atoms with E-state index in [0.717, 1.165) is 51.5 Å². The standard InChI is InChI=1S/C21H26N4O2/c1-15-4-2-3-5-17(15)16-12-19-18(20(26)13-16)14-23-21(24-19)22-6-7-25-8-10-27-11-9-25/h2-5,14,16H,6-13H2,1H3,(H,22,23,24). The minimum Gasteiger partial charge on any atom is -0.379 e. The highest BCUT2D eigenvalue weighted by atomic mass is 16.5. The Morgan fingerprint density at radius 1 is 1.22 bits per heavy atom. The van der Waals surface area contributed by atoms with E-state index in [4.69, 9.17) is 4.74 Å². The number of rotatable bonds is 5. The van der Waals surface area contributed by atoms with Gasteiger partial charge < -0.3 is 10.1 Å². The van der Waals surface area contributed by atoms with Gasteiger partial charge in [0, 0.05) is 38.8 Å². The Kier molecular flexibility index (Phi) is 5.45. The second-order valence-corrected chi connectivity index (χ2v) is 7.32. The molecule has 142 valence electrons. The Morgan fingerprint density at radius 3 is 2.85 bits per heavy atom.